The lowest BCUT2D eigenvalue weighted by Gasteiger charge is -2.18. The molecular formula is C19H33P. The van der Waals surface area contributed by atoms with Crippen molar-refractivity contribution in [3.05, 3.63) is 29.8 Å². The fourth-order valence-electron chi connectivity index (χ4n) is 2.62. The van der Waals surface area contributed by atoms with Crippen LogP contribution >= 0.6 is 7.92 Å². The van der Waals surface area contributed by atoms with Gasteiger partial charge in [0, 0.05) is 0 Å². The van der Waals surface area contributed by atoms with Crippen LogP contribution in [-0.4, -0.2) is 12.3 Å². The molecule has 0 bridgehead atoms. The summed E-state index contributed by atoms with van der Waals surface area (Å²) < 4.78 is 0. The highest BCUT2D eigenvalue weighted by Crippen LogP contribution is 2.36. The SMILES string of the molecule is CCCCCCP(CCC)c1ccc(CCCC)cc1. The minimum atomic E-state index is 0.102. The van der Waals surface area contributed by atoms with E-state index in [2.05, 4.69) is 45.0 Å². The number of rotatable bonds is 11. The van der Waals surface area contributed by atoms with E-state index in [9.17, 15) is 0 Å². The molecule has 0 aliphatic heterocycles. The third-order valence-corrected chi connectivity index (χ3v) is 6.77. The Balaban J connectivity index is 2.52. The Bertz CT molecular complexity index is 328. The molecule has 114 valence electrons. The van der Waals surface area contributed by atoms with Crippen molar-refractivity contribution in [2.24, 2.45) is 0 Å². The topological polar surface area (TPSA) is 0 Å². The van der Waals surface area contributed by atoms with Gasteiger partial charge in [0.1, 0.15) is 0 Å². The molecule has 1 rings (SSSR count). The maximum absolute atomic E-state index is 2.42. The normalized spacial score (nSPS) is 12.6. The van der Waals surface area contributed by atoms with Gasteiger partial charge in [-0.3, -0.25) is 0 Å². The molecule has 0 saturated heterocycles. The highest BCUT2D eigenvalue weighted by molar-refractivity contribution is 7.65. The van der Waals surface area contributed by atoms with Crippen molar-refractivity contribution in [2.45, 2.75) is 72.1 Å². The lowest BCUT2D eigenvalue weighted by atomic mass is 10.1. The lowest BCUT2D eigenvalue weighted by Crippen LogP contribution is -2.06. The molecule has 1 aromatic carbocycles. The smallest absolute Gasteiger partial charge is 0.0240 e. The van der Waals surface area contributed by atoms with E-state index in [1.54, 1.807) is 5.30 Å². The van der Waals surface area contributed by atoms with Crippen LogP contribution in [0.5, 0.6) is 0 Å². The molecule has 0 nitrogen and oxygen atoms in total. The molecule has 0 aromatic heterocycles. The third-order valence-electron chi connectivity index (χ3n) is 3.90. The predicted molar refractivity (Wildman–Crippen MR) is 95.8 cm³/mol. The summed E-state index contributed by atoms with van der Waals surface area (Å²) in [6, 6.07) is 9.60. The van der Waals surface area contributed by atoms with E-state index < -0.39 is 0 Å². The maximum atomic E-state index is 2.42. The molecule has 1 atom stereocenters. The van der Waals surface area contributed by atoms with Crippen molar-refractivity contribution < 1.29 is 0 Å². The molecule has 0 spiro atoms. The quantitative estimate of drug-likeness (QED) is 0.340. The van der Waals surface area contributed by atoms with Crippen LogP contribution < -0.4 is 5.30 Å². The summed E-state index contributed by atoms with van der Waals surface area (Å²) in [4.78, 5) is 0. The molecule has 1 aromatic rings. The number of benzene rings is 1. The van der Waals surface area contributed by atoms with Gasteiger partial charge in [-0.25, -0.2) is 0 Å². The molecule has 0 aliphatic carbocycles. The Morgan fingerprint density at radius 1 is 0.700 bits per heavy atom. The van der Waals surface area contributed by atoms with Crippen molar-refractivity contribution in [1.29, 1.82) is 0 Å². The summed E-state index contributed by atoms with van der Waals surface area (Å²) >= 11 is 0. The summed E-state index contributed by atoms with van der Waals surface area (Å²) in [6.07, 6.45) is 13.7. The van der Waals surface area contributed by atoms with Gasteiger partial charge in [0.15, 0.2) is 0 Å². The van der Waals surface area contributed by atoms with Gasteiger partial charge in [-0.15, -0.1) is 0 Å². The largest absolute Gasteiger partial charge is 0.0753 e. The van der Waals surface area contributed by atoms with Crippen LogP contribution in [0.1, 0.15) is 71.3 Å². The van der Waals surface area contributed by atoms with E-state index in [0.29, 0.717) is 0 Å². The van der Waals surface area contributed by atoms with Crippen LogP contribution in [-0.2, 0) is 6.42 Å². The average Bonchev–Trinajstić information content (AvgIpc) is 2.49. The first-order chi connectivity index (χ1) is 9.81. The van der Waals surface area contributed by atoms with E-state index in [-0.39, 0.29) is 7.92 Å². The van der Waals surface area contributed by atoms with Crippen LogP contribution in [0.4, 0.5) is 0 Å². The Labute approximate surface area is 128 Å². The monoisotopic (exact) mass is 292 g/mol. The summed E-state index contributed by atoms with van der Waals surface area (Å²) in [5.74, 6) is 0. The van der Waals surface area contributed by atoms with Crippen molar-refractivity contribution in [3.63, 3.8) is 0 Å². The van der Waals surface area contributed by atoms with Crippen molar-refractivity contribution >= 4 is 13.2 Å². The van der Waals surface area contributed by atoms with Gasteiger partial charge in [-0.05, 0) is 42.5 Å². The molecule has 1 unspecified atom stereocenters. The van der Waals surface area contributed by atoms with Crippen molar-refractivity contribution in [3.8, 4) is 0 Å². The van der Waals surface area contributed by atoms with Crippen molar-refractivity contribution in [1.82, 2.24) is 0 Å². The van der Waals surface area contributed by atoms with Gasteiger partial charge in [-0.2, -0.15) is 0 Å². The molecule has 0 N–H and O–H groups in total. The molecular weight excluding hydrogens is 259 g/mol. The highest BCUT2D eigenvalue weighted by atomic mass is 31.1. The van der Waals surface area contributed by atoms with Crippen LogP contribution in [0.25, 0.3) is 0 Å². The fourth-order valence-corrected chi connectivity index (χ4v) is 5.08. The number of unbranched alkanes of at least 4 members (excludes halogenated alkanes) is 4. The Hall–Kier alpha value is -0.350. The third kappa shape index (κ3) is 6.89. The first kappa shape index (κ1) is 17.7. The van der Waals surface area contributed by atoms with Crippen LogP contribution in [0.15, 0.2) is 24.3 Å². The van der Waals surface area contributed by atoms with E-state index in [4.69, 9.17) is 0 Å². The minimum absolute atomic E-state index is 0.102. The van der Waals surface area contributed by atoms with E-state index in [0.717, 1.165) is 0 Å². The van der Waals surface area contributed by atoms with Gasteiger partial charge >= 0.3 is 0 Å². The van der Waals surface area contributed by atoms with E-state index >= 15 is 0 Å². The van der Waals surface area contributed by atoms with Gasteiger partial charge in [0.05, 0.1) is 0 Å². The standard InChI is InChI=1S/C19H33P/c1-4-7-9-10-17-20(16-6-3)19-14-12-18(13-15-19)11-8-5-2/h12-15H,4-11,16-17H2,1-3H3. The molecule has 0 aliphatic rings. The van der Waals surface area contributed by atoms with Crippen molar-refractivity contribution in [2.75, 3.05) is 12.3 Å². The summed E-state index contributed by atoms with van der Waals surface area (Å²) in [5.41, 5.74) is 1.52. The zero-order valence-corrected chi connectivity index (χ0v) is 14.7. The number of aryl methyl sites for hydroxylation is 1. The second-order valence-corrected chi connectivity index (χ2v) is 8.31. The molecule has 0 fully saturated rings. The molecule has 20 heavy (non-hydrogen) atoms. The van der Waals surface area contributed by atoms with Crippen LogP contribution in [0.2, 0.25) is 0 Å². The summed E-state index contributed by atoms with van der Waals surface area (Å²) in [6.45, 7) is 6.89. The zero-order valence-electron chi connectivity index (χ0n) is 13.8. The first-order valence-corrected chi connectivity index (χ1v) is 10.4. The lowest BCUT2D eigenvalue weighted by molar-refractivity contribution is 0.705. The summed E-state index contributed by atoms with van der Waals surface area (Å²) in [7, 11) is 0.102. The summed E-state index contributed by atoms with van der Waals surface area (Å²) in [5, 5.41) is 1.64. The Morgan fingerprint density at radius 2 is 1.40 bits per heavy atom. The van der Waals surface area contributed by atoms with E-state index in [1.165, 1.54) is 69.3 Å². The Kier molecular flexibility index (Phi) is 10.0. The number of hydrogen-bond donors (Lipinski definition) is 0. The van der Waals surface area contributed by atoms with Crippen LogP contribution in [0, 0.1) is 0 Å². The van der Waals surface area contributed by atoms with Gasteiger partial charge in [-0.1, -0.05) is 85.1 Å². The molecule has 0 saturated carbocycles. The van der Waals surface area contributed by atoms with Gasteiger partial charge in [0.25, 0.3) is 0 Å². The average molecular weight is 292 g/mol. The second kappa shape index (κ2) is 11.3. The Morgan fingerprint density at radius 3 is 2.00 bits per heavy atom. The van der Waals surface area contributed by atoms with Gasteiger partial charge in [0.2, 0.25) is 0 Å². The van der Waals surface area contributed by atoms with E-state index in [1.807, 2.05) is 0 Å². The molecule has 1 heteroatoms. The molecule has 0 amide bonds. The number of hydrogen-bond acceptors (Lipinski definition) is 0. The molecule has 0 heterocycles. The highest BCUT2D eigenvalue weighted by Gasteiger charge is 2.09. The molecule has 0 radical (unpaired) electrons. The first-order valence-electron chi connectivity index (χ1n) is 8.65. The second-order valence-electron chi connectivity index (χ2n) is 5.82. The maximum Gasteiger partial charge on any atom is -0.0240 e. The minimum Gasteiger partial charge on any atom is -0.0753 e. The van der Waals surface area contributed by atoms with Gasteiger partial charge < -0.3 is 0 Å². The zero-order chi connectivity index (χ0) is 14.6. The fraction of sp³-hybridized carbons (Fsp3) is 0.684. The predicted octanol–water partition coefficient (Wildman–Crippen LogP) is 6.13. The van der Waals surface area contributed by atoms with Crippen LogP contribution in [0.3, 0.4) is 0 Å².